The van der Waals surface area contributed by atoms with E-state index in [0.717, 1.165) is 43.0 Å². The summed E-state index contributed by atoms with van der Waals surface area (Å²) in [6.45, 7) is 4.12. The van der Waals surface area contributed by atoms with E-state index in [0.29, 0.717) is 12.2 Å². The van der Waals surface area contributed by atoms with Crippen LogP contribution >= 0.6 is 0 Å². The van der Waals surface area contributed by atoms with Gasteiger partial charge in [-0.15, -0.1) is 0 Å². The number of aromatic nitrogens is 5. The average molecular weight is 364 g/mol. The molecule has 0 unspecified atom stereocenters. The van der Waals surface area contributed by atoms with E-state index in [2.05, 4.69) is 25.7 Å². The predicted molar refractivity (Wildman–Crippen MR) is 101 cm³/mol. The quantitative estimate of drug-likeness (QED) is 0.713. The number of aryl methyl sites for hydroxylation is 2. The number of amides is 1. The molecule has 0 bridgehead atoms. The molecule has 1 saturated heterocycles. The number of carbonyl (C=O) groups is 1. The number of imidazole rings is 1. The standard InChI is InChI=1S/C20H24N6O/c1-15-11-18(24(2)23-15)20(27)26-9-4-6-17(14-26)19-22-8-10-25(19)13-16-5-3-7-21-12-16/h3,5,7-8,10-12,17H,4,6,9,13-14H2,1-2H3/t17-/m0/s1. The number of hydrogen-bond donors (Lipinski definition) is 0. The summed E-state index contributed by atoms with van der Waals surface area (Å²) in [6, 6.07) is 5.87. The zero-order valence-corrected chi connectivity index (χ0v) is 15.7. The molecule has 1 amide bonds. The molecule has 7 nitrogen and oxygen atoms in total. The third-order valence-electron chi connectivity index (χ3n) is 5.12. The van der Waals surface area contributed by atoms with Crippen molar-refractivity contribution < 1.29 is 4.79 Å². The van der Waals surface area contributed by atoms with Crippen molar-refractivity contribution in [2.24, 2.45) is 7.05 Å². The Bertz CT molecular complexity index is 929. The molecule has 4 heterocycles. The first kappa shape index (κ1) is 17.5. The largest absolute Gasteiger partial charge is 0.337 e. The van der Waals surface area contributed by atoms with Gasteiger partial charge in [0.2, 0.25) is 0 Å². The maximum absolute atomic E-state index is 13.0. The van der Waals surface area contributed by atoms with Gasteiger partial charge < -0.3 is 9.47 Å². The van der Waals surface area contributed by atoms with Crippen molar-refractivity contribution in [2.75, 3.05) is 13.1 Å². The second kappa shape index (κ2) is 7.34. The first-order valence-electron chi connectivity index (χ1n) is 9.31. The second-order valence-electron chi connectivity index (χ2n) is 7.16. The van der Waals surface area contributed by atoms with Crippen LogP contribution in [0.15, 0.2) is 43.0 Å². The van der Waals surface area contributed by atoms with Crippen molar-refractivity contribution in [3.8, 4) is 0 Å². The highest BCUT2D eigenvalue weighted by Crippen LogP contribution is 2.27. The van der Waals surface area contributed by atoms with E-state index in [1.807, 2.05) is 49.6 Å². The highest BCUT2D eigenvalue weighted by molar-refractivity contribution is 5.92. The van der Waals surface area contributed by atoms with Crippen molar-refractivity contribution in [2.45, 2.75) is 32.2 Å². The molecule has 3 aromatic heterocycles. The minimum Gasteiger partial charge on any atom is -0.337 e. The van der Waals surface area contributed by atoms with E-state index in [1.54, 1.807) is 10.9 Å². The first-order chi connectivity index (χ1) is 13.1. The molecule has 1 atom stereocenters. The molecule has 0 N–H and O–H groups in total. The summed E-state index contributed by atoms with van der Waals surface area (Å²) in [4.78, 5) is 23.7. The fourth-order valence-electron chi connectivity index (χ4n) is 3.85. The molecule has 7 heteroatoms. The molecular weight excluding hydrogens is 340 g/mol. The smallest absolute Gasteiger partial charge is 0.272 e. The van der Waals surface area contributed by atoms with Crippen molar-refractivity contribution in [3.63, 3.8) is 0 Å². The SMILES string of the molecule is Cc1cc(C(=O)N2CCC[C@H](c3nccn3Cc3cccnc3)C2)n(C)n1. The zero-order valence-electron chi connectivity index (χ0n) is 15.7. The van der Waals surface area contributed by atoms with Gasteiger partial charge in [0.1, 0.15) is 11.5 Å². The van der Waals surface area contributed by atoms with Gasteiger partial charge in [-0.25, -0.2) is 4.98 Å². The van der Waals surface area contributed by atoms with E-state index in [9.17, 15) is 4.79 Å². The van der Waals surface area contributed by atoms with Gasteiger partial charge in [-0.2, -0.15) is 5.10 Å². The van der Waals surface area contributed by atoms with E-state index in [-0.39, 0.29) is 11.8 Å². The summed E-state index contributed by atoms with van der Waals surface area (Å²) in [5.41, 5.74) is 2.65. The van der Waals surface area contributed by atoms with Crippen LogP contribution in [0.2, 0.25) is 0 Å². The third-order valence-corrected chi connectivity index (χ3v) is 5.12. The Morgan fingerprint density at radius 1 is 1.33 bits per heavy atom. The monoisotopic (exact) mass is 364 g/mol. The summed E-state index contributed by atoms with van der Waals surface area (Å²) in [5.74, 6) is 1.33. The van der Waals surface area contributed by atoms with Crippen LogP contribution in [-0.4, -0.2) is 48.2 Å². The van der Waals surface area contributed by atoms with E-state index in [4.69, 9.17) is 0 Å². The van der Waals surface area contributed by atoms with Crippen molar-refractivity contribution in [1.29, 1.82) is 0 Å². The Labute approximate surface area is 158 Å². The number of nitrogens with zero attached hydrogens (tertiary/aromatic N) is 6. The van der Waals surface area contributed by atoms with Crippen molar-refractivity contribution in [3.05, 3.63) is 65.8 Å². The molecule has 1 fully saturated rings. The maximum Gasteiger partial charge on any atom is 0.272 e. The lowest BCUT2D eigenvalue weighted by molar-refractivity contribution is 0.0692. The number of hydrogen-bond acceptors (Lipinski definition) is 4. The van der Waals surface area contributed by atoms with Crippen LogP contribution in [0.4, 0.5) is 0 Å². The average Bonchev–Trinajstić information content (AvgIpc) is 3.28. The van der Waals surface area contributed by atoms with Crippen LogP contribution in [0.25, 0.3) is 0 Å². The molecule has 0 aliphatic carbocycles. The maximum atomic E-state index is 13.0. The number of carbonyl (C=O) groups excluding carboxylic acids is 1. The van der Waals surface area contributed by atoms with E-state index >= 15 is 0 Å². The predicted octanol–water partition coefficient (Wildman–Crippen LogP) is 2.39. The van der Waals surface area contributed by atoms with Gasteiger partial charge in [0, 0.05) is 50.8 Å². The highest BCUT2D eigenvalue weighted by atomic mass is 16.2. The van der Waals surface area contributed by atoms with Gasteiger partial charge in [0.05, 0.1) is 12.2 Å². The van der Waals surface area contributed by atoms with Gasteiger partial charge in [0.15, 0.2) is 0 Å². The first-order valence-corrected chi connectivity index (χ1v) is 9.31. The fraction of sp³-hybridized carbons (Fsp3) is 0.400. The molecule has 27 heavy (non-hydrogen) atoms. The Hall–Kier alpha value is -2.96. The molecule has 1 aliphatic rings. The summed E-state index contributed by atoms with van der Waals surface area (Å²) in [5, 5.41) is 4.30. The minimum absolute atomic E-state index is 0.0492. The molecule has 0 saturated carbocycles. The summed E-state index contributed by atoms with van der Waals surface area (Å²) < 4.78 is 3.84. The third kappa shape index (κ3) is 3.63. The lowest BCUT2D eigenvalue weighted by Gasteiger charge is -2.32. The van der Waals surface area contributed by atoms with Gasteiger partial charge in [-0.1, -0.05) is 6.07 Å². The summed E-state index contributed by atoms with van der Waals surface area (Å²) >= 11 is 0. The zero-order chi connectivity index (χ0) is 18.8. The van der Waals surface area contributed by atoms with E-state index in [1.165, 1.54) is 0 Å². The fourth-order valence-corrected chi connectivity index (χ4v) is 3.85. The summed E-state index contributed by atoms with van der Waals surface area (Å²) in [7, 11) is 1.82. The lowest BCUT2D eigenvalue weighted by atomic mass is 9.96. The van der Waals surface area contributed by atoms with E-state index < -0.39 is 0 Å². The van der Waals surface area contributed by atoms with Crippen molar-refractivity contribution >= 4 is 5.91 Å². The van der Waals surface area contributed by atoms with Crippen LogP contribution in [0.1, 0.15) is 46.3 Å². The van der Waals surface area contributed by atoms with Gasteiger partial charge in [-0.05, 0) is 37.5 Å². The molecule has 1 aliphatic heterocycles. The van der Waals surface area contributed by atoms with Crippen molar-refractivity contribution in [1.82, 2.24) is 29.2 Å². The summed E-state index contributed by atoms with van der Waals surface area (Å²) in [6.07, 6.45) is 9.53. The van der Waals surface area contributed by atoms with Gasteiger partial charge in [0.25, 0.3) is 5.91 Å². The highest BCUT2D eigenvalue weighted by Gasteiger charge is 2.29. The molecular formula is C20H24N6O. The Morgan fingerprint density at radius 3 is 2.96 bits per heavy atom. The van der Waals surface area contributed by atoms with Gasteiger partial charge in [-0.3, -0.25) is 14.5 Å². The van der Waals surface area contributed by atoms with Crippen LogP contribution in [0.5, 0.6) is 0 Å². The number of rotatable bonds is 4. The minimum atomic E-state index is 0.0492. The van der Waals surface area contributed by atoms with Crippen LogP contribution in [0.3, 0.4) is 0 Å². The molecule has 3 aromatic rings. The van der Waals surface area contributed by atoms with Gasteiger partial charge >= 0.3 is 0 Å². The normalized spacial score (nSPS) is 17.3. The number of piperidine rings is 1. The number of likely N-dealkylation sites (tertiary alicyclic amines) is 1. The molecule has 0 aromatic carbocycles. The Balaban J connectivity index is 1.51. The molecule has 0 spiro atoms. The topological polar surface area (TPSA) is 68.8 Å². The molecule has 0 radical (unpaired) electrons. The van der Waals surface area contributed by atoms with Crippen LogP contribution < -0.4 is 0 Å². The van der Waals surface area contributed by atoms with Crippen LogP contribution in [0, 0.1) is 6.92 Å². The Kier molecular flexibility index (Phi) is 4.75. The Morgan fingerprint density at radius 2 is 2.22 bits per heavy atom. The number of pyridine rings is 1. The second-order valence-corrected chi connectivity index (χ2v) is 7.16. The molecule has 140 valence electrons. The van der Waals surface area contributed by atoms with Crippen LogP contribution in [-0.2, 0) is 13.6 Å². The molecule has 4 rings (SSSR count). The lowest BCUT2D eigenvalue weighted by Crippen LogP contribution is -2.40.